The molecular weight excluding hydrogens is 344 g/mol. The minimum atomic E-state index is -0.511. The summed E-state index contributed by atoms with van der Waals surface area (Å²) >= 11 is 5.86. The first kappa shape index (κ1) is 16.7. The predicted molar refractivity (Wildman–Crippen MR) is 96.5 cm³/mol. The molecule has 25 heavy (non-hydrogen) atoms. The van der Waals surface area contributed by atoms with Gasteiger partial charge in [-0.05, 0) is 37.3 Å². The molecule has 0 bridgehead atoms. The Kier molecular flexibility index (Phi) is 4.49. The summed E-state index contributed by atoms with van der Waals surface area (Å²) in [5, 5.41) is 14.6. The zero-order valence-electron chi connectivity index (χ0n) is 13.1. The zero-order chi connectivity index (χ0) is 18.0. The highest BCUT2D eigenvalue weighted by Gasteiger charge is 2.13. The monoisotopic (exact) mass is 356 g/mol. The van der Waals surface area contributed by atoms with Gasteiger partial charge in [-0.1, -0.05) is 23.7 Å². The van der Waals surface area contributed by atoms with Crippen LogP contribution in [0.15, 0.2) is 58.3 Å². The summed E-state index contributed by atoms with van der Waals surface area (Å²) in [6.07, 6.45) is 1.34. The van der Waals surface area contributed by atoms with Gasteiger partial charge < -0.3 is 0 Å². The van der Waals surface area contributed by atoms with Crippen LogP contribution in [-0.2, 0) is 0 Å². The van der Waals surface area contributed by atoms with Crippen LogP contribution in [0.25, 0.3) is 5.69 Å². The smallest absolute Gasteiger partial charge is 0.294 e. The van der Waals surface area contributed by atoms with E-state index in [-0.39, 0.29) is 16.9 Å². The fourth-order valence-corrected chi connectivity index (χ4v) is 2.47. The molecule has 0 amide bonds. The number of hydrogen-bond acceptors (Lipinski definition) is 4. The van der Waals surface area contributed by atoms with Crippen molar-refractivity contribution in [1.82, 2.24) is 9.78 Å². The normalized spacial score (nSPS) is 11.1. The number of rotatable bonds is 4. The SMILES string of the molecule is Cc1[nH]n(-c2ccc(Cl)cc2)c(=O)c1C=Nc1ccccc1[N+](=O)[O-]. The Bertz CT molecular complexity index is 1020. The minimum absolute atomic E-state index is 0.120. The molecule has 3 aromatic rings. The average molecular weight is 357 g/mol. The van der Waals surface area contributed by atoms with Gasteiger partial charge >= 0.3 is 0 Å². The second kappa shape index (κ2) is 6.74. The van der Waals surface area contributed by atoms with Gasteiger partial charge in [0.15, 0.2) is 0 Å². The predicted octanol–water partition coefficient (Wildman–Crippen LogP) is 3.79. The van der Waals surface area contributed by atoms with Crippen molar-refractivity contribution in [3.63, 3.8) is 0 Å². The number of aromatic amines is 1. The molecule has 1 heterocycles. The molecule has 0 saturated heterocycles. The zero-order valence-corrected chi connectivity index (χ0v) is 13.9. The Hall–Kier alpha value is -3.19. The highest BCUT2D eigenvalue weighted by molar-refractivity contribution is 6.30. The number of nitro groups is 1. The van der Waals surface area contributed by atoms with Gasteiger partial charge in [-0.15, -0.1) is 0 Å². The van der Waals surface area contributed by atoms with Crippen molar-refractivity contribution in [1.29, 1.82) is 0 Å². The first-order chi connectivity index (χ1) is 12.0. The maximum atomic E-state index is 12.6. The van der Waals surface area contributed by atoms with E-state index in [1.807, 2.05) is 0 Å². The van der Waals surface area contributed by atoms with E-state index in [2.05, 4.69) is 10.1 Å². The van der Waals surface area contributed by atoms with Crippen LogP contribution in [0.2, 0.25) is 5.02 Å². The van der Waals surface area contributed by atoms with Crippen LogP contribution in [0.3, 0.4) is 0 Å². The Morgan fingerprint density at radius 2 is 1.88 bits per heavy atom. The van der Waals surface area contributed by atoms with Crippen LogP contribution in [0.5, 0.6) is 0 Å². The fraction of sp³-hybridized carbons (Fsp3) is 0.0588. The molecule has 0 atom stereocenters. The number of aromatic nitrogens is 2. The van der Waals surface area contributed by atoms with Gasteiger partial charge in [0.2, 0.25) is 0 Å². The summed E-state index contributed by atoms with van der Waals surface area (Å²) in [7, 11) is 0. The number of benzene rings is 2. The van der Waals surface area contributed by atoms with E-state index in [0.717, 1.165) is 0 Å². The lowest BCUT2D eigenvalue weighted by Crippen LogP contribution is -2.17. The van der Waals surface area contributed by atoms with Gasteiger partial charge in [-0.2, -0.15) is 0 Å². The summed E-state index contributed by atoms with van der Waals surface area (Å²) < 4.78 is 1.37. The van der Waals surface area contributed by atoms with Crippen molar-refractivity contribution in [3.8, 4) is 5.69 Å². The van der Waals surface area contributed by atoms with Crippen molar-refractivity contribution in [2.75, 3.05) is 0 Å². The van der Waals surface area contributed by atoms with Crippen LogP contribution in [-0.4, -0.2) is 20.9 Å². The standard InChI is InChI=1S/C17H13ClN4O3/c1-11-14(10-19-15-4-2-3-5-16(15)22(24)25)17(23)21(20-11)13-8-6-12(18)7-9-13/h2-10,20H,1H3. The molecule has 0 aliphatic heterocycles. The van der Waals surface area contributed by atoms with Gasteiger partial charge in [-0.25, -0.2) is 9.67 Å². The number of halogens is 1. The van der Waals surface area contributed by atoms with E-state index in [1.54, 1.807) is 43.3 Å². The summed E-state index contributed by atoms with van der Waals surface area (Å²) in [6.45, 7) is 1.73. The summed E-state index contributed by atoms with van der Waals surface area (Å²) in [4.78, 5) is 27.2. The second-order valence-electron chi connectivity index (χ2n) is 5.27. The number of aryl methyl sites for hydroxylation is 1. The van der Waals surface area contributed by atoms with Crippen LogP contribution in [0.4, 0.5) is 11.4 Å². The molecule has 2 aromatic carbocycles. The van der Waals surface area contributed by atoms with Gasteiger partial charge in [0.1, 0.15) is 5.69 Å². The highest BCUT2D eigenvalue weighted by Crippen LogP contribution is 2.26. The number of nitrogens with one attached hydrogen (secondary N) is 1. The van der Waals surface area contributed by atoms with Crippen molar-refractivity contribution in [2.45, 2.75) is 6.92 Å². The van der Waals surface area contributed by atoms with Crippen LogP contribution < -0.4 is 5.56 Å². The van der Waals surface area contributed by atoms with E-state index >= 15 is 0 Å². The summed E-state index contributed by atoms with van der Waals surface area (Å²) in [6, 6.07) is 12.9. The molecule has 1 N–H and O–H groups in total. The van der Waals surface area contributed by atoms with Crippen LogP contribution >= 0.6 is 11.6 Å². The average Bonchev–Trinajstić information content (AvgIpc) is 2.88. The van der Waals surface area contributed by atoms with Gasteiger partial charge in [0.05, 0.1) is 16.2 Å². The molecule has 0 saturated carbocycles. The number of nitrogens with zero attached hydrogens (tertiary/aromatic N) is 3. The lowest BCUT2D eigenvalue weighted by atomic mass is 10.2. The number of nitro benzene ring substituents is 1. The quantitative estimate of drug-likeness (QED) is 0.438. The van der Waals surface area contributed by atoms with E-state index in [9.17, 15) is 14.9 Å². The van der Waals surface area contributed by atoms with E-state index in [1.165, 1.54) is 23.0 Å². The molecule has 0 aliphatic carbocycles. The number of H-pyrrole nitrogens is 1. The number of hydrogen-bond donors (Lipinski definition) is 1. The molecule has 0 unspecified atom stereocenters. The third-order valence-corrected chi connectivity index (χ3v) is 3.86. The molecule has 0 radical (unpaired) electrons. The topological polar surface area (TPSA) is 93.3 Å². The van der Waals surface area contributed by atoms with E-state index < -0.39 is 4.92 Å². The van der Waals surface area contributed by atoms with Crippen molar-refractivity contribution < 1.29 is 4.92 Å². The molecular formula is C17H13ClN4O3. The minimum Gasteiger partial charge on any atom is -0.295 e. The van der Waals surface area contributed by atoms with E-state index in [0.29, 0.717) is 22.0 Å². The molecule has 3 rings (SSSR count). The fourth-order valence-electron chi connectivity index (χ4n) is 2.35. The molecule has 1 aromatic heterocycles. The lowest BCUT2D eigenvalue weighted by molar-refractivity contribution is -0.384. The van der Waals surface area contributed by atoms with Crippen molar-refractivity contribution in [3.05, 3.63) is 85.3 Å². The maximum Gasteiger partial charge on any atom is 0.294 e. The van der Waals surface area contributed by atoms with Crippen molar-refractivity contribution >= 4 is 29.2 Å². The van der Waals surface area contributed by atoms with Gasteiger partial charge in [-0.3, -0.25) is 20.0 Å². The lowest BCUT2D eigenvalue weighted by Gasteiger charge is -2.00. The van der Waals surface area contributed by atoms with Crippen molar-refractivity contribution in [2.24, 2.45) is 4.99 Å². The maximum absolute atomic E-state index is 12.6. The first-order valence-electron chi connectivity index (χ1n) is 7.32. The number of para-hydroxylation sites is 2. The molecule has 0 spiro atoms. The third-order valence-electron chi connectivity index (χ3n) is 3.61. The molecule has 8 heteroatoms. The van der Waals surface area contributed by atoms with Gasteiger partial charge in [0.25, 0.3) is 11.2 Å². The molecule has 126 valence electrons. The molecule has 0 aliphatic rings. The Balaban J connectivity index is 2.01. The van der Waals surface area contributed by atoms with Gasteiger partial charge in [0, 0.05) is 23.0 Å². The van der Waals surface area contributed by atoms with E-state index in [4.69, 9.17) is 11.6 Å². The Labute approximate surface area is 147 Å². The summed E-state index contributed by atoms with van der Waals surface area (Å²) in [5.41, 5.74) is 1.32. The largest absolute Gasteiger partial charge is 0.295 e. The second-order valence-corrected chi connectivity index (χ2v) is 5.71. The summed E-state index contributed by atoms with van der Waals surface area (Å²) in [5.74, 6) is 0. The third kappa shape index (κ3) is 3.36. The molecule has 0 fully saturated rings. The highest BCUT2D eigenvalue weighted by atomic mass is 35.5. The van der Waals surface area contributed by atoms with Crippen LogP contribution in [0, 0.1) is 17.0 Å². The Morgan fingerprint density at radius 1 is 1.20 bits per heavy atom. The molecule has 7 nitrogen and oxygen atoms in total. The first-order valence-corrected chi connectivity index (χ1v) is 7.70. The number of aliphatic imine (C=N–C) groups is 1. The Morgan fingerprint density at radius 3 is 2.56 bits per heavy atom. The van der Waals surface area contributed by atoms with Crippen LogP contribution in [0.1, 0.15) is 11.3 Å².